The lowest BCUT2D eigenvalue weighted by Crippen LogP contribution is -2.93. The molecule has 6 heteroatoms. The van der Waals surface area contributed by atoms with Gasteiger partial charge >= 0.3 is 5.97 Å². The Labute approximate surface area is 122 Å². The topological polar surface area (TPSA) is 80.2 Å². The van der Waals surface area contributed by atoms with E-state index < -0.39 is 12.0 Å². The van der Waals surface area contributed by atoms with Crippen LogP contribution in [0.1, 0.15) is 23.7 Å². The van der Waals surface area contributed by atoms with E-state index in [1.807, 2.05) is 0 Å². The van der Waals surface area contributed by atoms with Crippen LogP contribution < -0.4 is 5.32 Å². The molecule has 0 aliphatic carbocycles. The number of aliphatic hydroxyl groups is 1. The summed E-state index contributed by atoms with van der Waals surface area (Å²) in [4.78, 5) is 23.3. The predicted octanol–water partition coefficient (Wildman–Crippen LogP) is 0.400. The number of esters is 1. The van der Waals surface area contributed by atoms with Crippen LogP contribution in [0.4, 0.5) is 0 Å². The van der Waals surface area contributed by atoms with Crippen LogP contribution in [0, 0.1) is 0 Å². The number of ketones is 1. The molecule has 0 amide bonds. The molecular weight excluding hydrogens is 282 g/mol. The van der Waals surface area contributed by atoms with Gasteiger partial charge in [-0.15, -0.1) is 0 Å². The Kier molecular flexibility index (Phi) is 7.22. The summed E-state index contributed by atoms with van der Waals surface area (Å²) in [7, 11) is 0. The van der Waals surface area contributed by atoms with E-state index in [0.29, 0.717) is 17.1 Å². The highest BCUT2D eigenvalue weighted by molar-refractivity contribution is 6.30. The molecule has 0 spiro atoms. The third-order valence-corrected chi connectivity index (χ3v) is 3.03. The summed E-state index contributed by atoms with van der Waals surface area (Å²) in [5, 5.41) is 11.3. The third kappa shape index (κ3) is 5.28. The largest absolute Gasteiger partial charge is 0.462 e. The van der Waals surface area contributed by atoms with E-state index in [1.54, 1.807) is 36.5 Å². The molecule has 0 aliphatic heterocycles. The van der Waals surface area contributed by atoms with Crippen molar-refractivity contribution in [2.24, 2.45) is 0 Å². The maximum atomic E-state index is 11.9. The fourth-order valence-electron chi connectivity index (χ4n) is 1.69. The molecule has 3 N–H and O–H groups in total. The van der Waals surface area contributed by atoms with E-state index in [0.717, 1.165) is 0 Å². The van der Waals surface area contributed by atoms with Crippen molar-refractivity contribution in [3.63, 3.8) is 0 Å². The number of carbonyl (C=O) groups excluding carboxylic acids is 2. The van der Waals surface area contributed by atoms with Gasteiger partial charge in [-0.05, 0) is 31.2 Å². The molecule has 1 aromatic carbocycles. The van der Waals surface area contributed by atoms with Gasteiger partial charge in [-0.3, -0.25) is 4.79 Å². The molecule has 1 atom stereocenters. The van der Waals surface area contributed by atoms with Crippen molar-refractivity contribution in [1.82, 2.24) is 0 Å². The molecule has 5 nitrogen and oxygen atoms in total. The van der Waals surface area contributed by atoms with Crippen LogP contribution in [-0.4, -0.2) is 42.7 Å². The average molecular weight is 301 g/mol. The lowest BCUT2D eigenvalue weighted by atomic mass is 10.1. The molecule has 20 heavy (non-hydrogen) atoms. The number of aliphatic hydroxyl groups excluding tert-OH is 1. The van der Waals surface area contributed by atoms with Gasteiger partial charge < -0.3 is 15.2 Å². The van der Waals surface area contributed by atoms with Gasteiger partial charge in [0.05, 0.1) is 19.6 Å². The summed E-state index contributed by atoms with van der Waals surface area (Å²) >= 11 is 5.75. The molecule has 110 valence electrons. The van der Waals surface area contributed by atoms with Crippen LogP contribution in [0.25, 0.3) is 0 Å². The van der Waals surface area contributed by atoms with E-state index in [9.17, 15) is 9.59 Å². The Morgan fingerprint density at radius 1 is 1.35 bits per heavy atom. The van der Waals surface area contributed by atoms with Gasteiger partial charge in [0, 0.05) is 10.6 Å². The summed E-state index contributed by atoms with van der Waals surface area (Å²) in [5.74, 6) is -0.493. The number of quaternary nitrogens is 1. The van der Waals surface area contributed by atoms with E-state index in [4.69, 9.17) is 21.4 Å². The molecule has 0 saturated heterocycles. The zero-order chi connectivity index (χ0) is 15.0. The first-order valence-corrected chi connectivity index (χ1v) is 6.85. The quantitative estimate of drug-likeness (QED) is 0.538. The van der Waals surface area contributed by atoms with Crippen LogP contribution in [0.15, 0.2) is 24.3 Å². The minimum absolute atomic E-state index is 0.0292. The molecule has 0 saturated carbocycles. The Morgan fingerprint density at radius 3 is 2.55 bits per heavy atom. The van der Waals surface area contributed by atoms with E-state index >= 15 is 0 Å². The van der Waals surface area contributed by atoms with Crippen LogP contribution in [0.2, 0.25) is 5.02 Å². The first-order chi connectivity index (χ1) is 9.58. The highest BCUT2D eigenvalue weighted by atomic mass is 35.5. The smallest absolute Gasteiger partial charge is 0.367 e. The zero-order valence-corrected chi connectivity index (χ0v) is 12.1. The standard InChI is InChI=1S/C14H18ClNO4/c1-2-20-14(19)12(9-17)16-8-7-13(18)10-3-5-11(15)6-4-10/h3-6,12,16-17H,2,7-9H2,1H3/p+1/t12-/m0/s1. The highest BCUT2D eigenvalue weighted by Gasteiger charge is 2.22. The number of Topliss-reactive ketones (excluding diaryl/α,β-unsaturated/α-hetero) is 1. The molecule has 0 fully saturated rings. The van der Waals surface area contributed by atoms with Gasteiger partial charge in [0.25, 0.3) is 0 Å². The van der Waals surface area contributed by atoms with Crippen molar-refractivity contribution < 1.29 is 24.7 Å². The van der Waals surface area contributed by atoms with Crippen molar-refractivity contribution in [3.8, 4) is 0 Å². The molecule has 0 radical (unpaired) electrons. The van der Waals surface area contributed by atoms with Crippen LogP contribution in [-0.2, 0) is 9.53 Å². The summed E-state index contributed by atoms with van der Waals surface area (Å²) in [6, 6.07) is 5.98. The Balaban J connectivity index is 2.41. The van der Waals surface area contributed by atoms with Crippen molar-refractivity contribution >= 4 is 23.4 Å². The van der Waals surface area contributed by atoms with Crippen molar-refractivity contribution in [1.29, 1.82) is 0 Å². The first-order valence-electron chi connectivity index (χ1n) is 6.48. The number of nitrogens with two attached hydrogens (primary N) is 1. The Hall–Kier alpha value is -1.43. The predicted molar refractivity (Wildman–Crippen MR) is 74.7 cm³/mol. The summed E-state index contributed by atoms with van der Waals surface area (Å²) in [6.07, 6.45) is 0.275. The minimum atomic E-state index is -0.673. The minimum Gasteiger partial charge on any atom is -0.462 e. The van der Waals surface area contributed by atoms with Crippen molar-refractivity contribution in [2.45, 2.75) is 19.4 Å². The normalized spacial score (nSPS) is 11.9. The first kappa shape index (κ1) is 16.6. The molecule has 1 aromatic rings. The lowest BCUT2D eigenvalue weighted by molar-refractivity contribution is -0.678. The highest BCUT2D eigenvalue weighted by Crippen LogP contribution is 2.10. The van der Waals surface area contributed by atoms with E-state index in [2.05, 4.69) is 0 Å². The number of hydrogen-bond donors (Lipinski definition) is 2. The maximum Gasteiger partial charge on any atom is 0.367 e. The van der Waals surface area contributed by atoms with Crippen molar-refractivity contribution in [3.05, 3.63) is 34.9 Å². The zero-order valence-electron chi connectivity index (χ0n) is 11.3. The molecule has 0 heterocycles. The lowest BCUT2D eigenvalue weighted by Gasteiger charge is -2.11. The van der Waals surface area contributed by atoms with E-state index in [-0.39, 0.29) is 25.4 Å². The number of carbonyl (C=O) groups is 2. The van der Waals surface area contributed by atoms with Gasteiger partial charge in [0.2, 0.25) is 6.04 Å². The molecule has 0 unspecified atom stereocenters. The fraction of sp³-hybridized carbons (Fsp3) is 0.429. The summed E-state index contributed by atoms with van der Waals surface area (Å²) in [5.41, 5.74) is 0.583. The molecule has 0 aromatic heterocycles. The second-order valence-corrected chi connectivity index (χ2v) is 4.68. The van der Waals surface area contributed by atoms with Crippen LogP contribution in [0.5, 0.6) is 0 Å². The molecule has 0 aliphatic rings. The van der Waals surface area contributed by atoms with Crippen molar-refractivity contribution in [2.75, 3.05) is 19.8 Å². The number of benzene rings is 1. The fourth-order valence-corrected chi connectivity index (χ4v) is 1.82. The Morgan fingerprint density at radius 2 is 2.00 bits per heavy atom. The summed E-state index contributed by atoms with van der Waals surface area (Å²) in [6.45, 7) is 2.07. The van der Waals surface area contributed by atoms with Gasteiger partial charge in [-0.1, -0.05) is 11.6 Å². The number of ether oxygens (including phenoxy) is 1. The van der Waals surface area contributed by atoms with E-state index in [1.165, 1.54) is 0 Å². The SMILES string of the molecule is CCOC(=O)[C@H](CO)[NH2+]CCC(=O)c1ccc(Cl)cc1. The number of halogens is 1. The Bertz CT molecular complexity index is 447. The van der Waals surface area contributed by atoms with Crippen LogP contribution >= 0.6 is 11.6 Å². The third-order valence-electron chi connectivity index (χ3n) is 2.77. The summed E-state index contributed by atoms with van der Waals surface area (Å²) < 4.78 is 4.82. The van der Waals surface area contributed by atoms with Gasteiger partial charge in [-0.25, -0.2) is 4.79 Å². The maximum absolute atomic E-state index is 11.9. The second-order valence-electron chi connectivity index (χ2n) is 4.25. The van der Waals surface area contributed by atoms with Gasteiger partial charge in [0.1, 0.15) is 6.61 Å². The van der Waals surface area contributed by atoms with Gasteiger partial charge in [-0.2, -0.15) is 0 Å². The van der Waals surface area contributed by atoms with Gasteiger partial charge in [0.15, 0.2) is 5.78 Å². The second kappa shape index (κ2) is 8.68. The molecular formula is C14H19ClNO4+. The average Bonchev–Trinajstić information content (AvgIpc) is 2.44. The molecule has 0 bridgehead atoms. The number of rotatable bonds is 8. The number of hydrogen-bond acceptors (Lipinski definition) is 4. The van der Waals surface area contributed by atoms with Crippen LogP contribution in [0.3, 0.4) is 0 Å². The molecule has 1 rings (SSSR count). The monoisotopic (exact) mass is 300 g/mol.